The fraction of sp³-hybridized carbons (Fsp3) is 1.00. The fourth-order valence-corrected chi connectivity index (χ4v) is 1.34. The summed E-state index contributed by atoms with van der Waals surface area (Å²) in [6.07, 6.45) is 3.67. The van der Waals surface area contributed by atoms with E-state index in [2.05, 4.69) is 24.7 Å². The first kappa shape index (κ1) is 8.97. The second kappa shape index (κ2) is 4.70. The maximum absolute atomic E-state index is 4.28. The van der Waals surface area contributed by atoms with Crippen molar-refractivity contribution >= 4 is 0 Å². The number of hydrogen-bond donors (Lipinski definition) is 1. The lowest BCUT2D eigenvalue weighted by atomic mass is 10.2. The Bertz CT molecular complexity index is 99.5. The predicted molar refractivity (Wildman–Crippen MR) is 45.8 cm³/mol. The predicted octanol–water partition coefficient (Wildman–Crippen LogP) is 0.905. The number of rotatable bonds is 4. The standard InChI is InChI=1S/C8H18N3/c1-3-5-8(2)10-11-7-4-6-9-11/h8,10H,3-7H2,1-2H3. The lowest BCUT2D eigenvalue weighted by Gasteiger charge is -2.20. The first-order valence-corrected chi connectivity index (χ1v) is 4.54. The monoisotopic (exact) mass is 156 g/mol. The fourth-order valence-electron chi connectivity index (χ4n) is 1.34. The summed E-state index contributed by atoms with van der Waals surface area (Å²) < 4.78 is 0. The first-order chi connectivity index (χ1) is 5.33. The van der Waals surface area contributed by atoms with Crippen molar-refractivity contribution in [2.45, 2.75) is 39.2 Å². The van der Waals surface area contributed by atoms with E-state index in [9.17, 15) is 0 Å². The molecular weight excluding hydrogens is 138 g/mol. The SMILES string of the molecule is CCCC(C)NN1CCC[N]1. The molecule has 0 aromatic carbocycles. The molecule has 0 bridgehead atoms. The third-order valence-corrected chi connectivity index (χ3v) is 1.89. The number of hydrazine groups is 1. The summed E-state index contributed by atoms with van der Waals surface area (Å²) in [4.78, 5) is 0. The molecule has 0 spiro atoms. The van der Waals surface area contributed by atoms with Gasteiger partial charge in [0.2, 0.25) is 0 Å². The summed E-state index contributed by atoms with van der Waals surface area (Å²) >= 11 is 0. The van der Waals surface area contributed by atoms with E-state index >= 15 is 0 Å². The number of nitrogens with zero attached hydrogens (tertiary/aromatic N) is 2. The van der Waals surface area contributed by atoms with Crippen LogP contribution in [0.1, 0.15) is 33.1 Å². The summed E-state index contributed by atoms with van der Waals surface area (Å²) in [7, 11) is 0. The average Bonchev–Trinajstić information content (AvgIpc) is 2.40. The van der Waals surface area contributed by atoms with Crippen LogP contribution in [0.4, 0.5) is 0 Å². The van der Waals surface area contributed by atoms with Crippen LogP contribution in [0.5, 0.6) is 0 Å². The van der Waals surface area contributed by atoms with Gasteiger partial charge in [-0.1, -0.05) is 13.3 Å². The van der Waals surface area contributed by atoms with Gasteiger partial charge in [0.1, 0.15) is 0 Å². The smallest absolute Gasteiger partial charge is 0.0334 e. The maximum Gasteiger partial charge on any atom is 0.0334 e. The second-order valence-corrected chi connectivity index (χ2v) is 3.16. The minimum absolute atomic E-state index is 0.571. The summed E-state index contributed by atoms with van der Waals surface area (Å²) in [6.45, 7) is 6.48. The minimum Gasteiger partial charge on any atom is -0.237 e. The van der Waals surface area contributed by atoms with Crippen molar-refractivity contribution in [2.75, 3.05) is 13.1 Å². The first-order valence-electron chi connectivity index (χ1n) is 4.54. The Labute approximate surface area is 69.1 Å². The number of nitrogens with one attached hydrogen (secondary N) is 1. The zero-order valence-electron chi connectivity index (χ0n) is 7.51. The van der Waals surface area contributed by atoms with Gasteiger partial charge in [0.05, 0.1) is 0 Å². The molecule has 1 saturated heterocycles. The lowest BCUT2D eigenvalue weighted by Crippen LogP contribution is -2.44. The highest BCUT2D eigenvalue weighted by Crippen LogP contribution is 1.99. The Hall–Kier alpha value is -0.120. The molecule has 1 atom stereocenters. The minimum atomic E-state index is 0.571. The molecule has 1 unspecified atom stereocenters. The van der Waals surface area contributed by atoms with Crippen LogP contribution in [-0.2, 0) is 0 Å². The molecule has 0 aromatic heterocycles. The van der Waals surface area contributed by atoms with Crippen LogP contribution in [0.25, 0.3) is 0 Å². The van der Waals surface area contributed by atoms with Gasteiger partial charge in [-0.2, -0.15) is 5.12 Å². The van der Waals surface area contributed by atoms with Crippen molar-refractivity contribution in [3.63, 3.8) is 0 Å². The highest BCUT2D eigenvalue weighted by molar-refractivity contribution is 4.61. The Morgan fingerprint density at radius 1 is 1.64 bits per heavy atom. The molecule has 0 amide bonds. The Morgan fingerprint density at radius 3 is 3.00 bits per heavy atom. The average molecular weight is 156 g/mol. The van der Waals surface area contributed by atoms with Crippen LogP contribution in [-0.4, -0.2) is 24.2 Å². The molecule has 1 N–H and O–H groups in total. The van der Waals surface area contributed by atoms with Crippen LogP contribution in [0.3, 0.4) is 0 Å². The van der Waals surface area contributed by atoms with Crippen molar-refractivity contribution in [1.82, 2.24) is 16.0 Å². The normalized spacial score (nSPS) is 22.4. The molecule has 11 heavy (non-hydrogen) atoms. The summed E-state index contributed by atoms with van der Waals surface area (Å²) in [5, 5.41) is 1.99. The molecule has 1 aliphatic heterocycles. The van der Waals surface area contributed by atoms with Gasteiger partial charge in [-0.05, 0) is 19.8 Å². The van der Waals surface area contributed by atoms with Crippen molar-refractivity contribution in [3.05, 3.63) is 0 Å². The summed E-state index contributed by atoms with van der Waals surface area (Å²) in [5.41, 5.74) is 7.63. The zero-order valence-corrected chi connectivity index (χ0v) is 7.51. The summed E-state index contributed by atoms with van der Waals surface area (Å²) in [5.74, 6) is 0. The van der Waals surface area contributed by atoms with E-state index in [4.69, 9.17) is 0 Å². The Balaban J connectivity index is 2.08. The molecular formula is C8H18N3. The second-order valence-electron chi connectivity index (χ2n) is 3.16. The molecule has 0 saturated carbocycles. The van der Waals surface area contributed by atoms with Gasteiger partial charge < -0.3 is 0 Å². The Kier molecular flexibility index (Phi) is 3.83. The third-order valence-electron chi connectivity index (χ3n) is 1.89. The zero-order chi connectivity index (χ0) is 8.10. The van der Waals surface area contributed by atoms with Gasteiger partial charge >= 0.3 is 0 Å². The molecule has 0 aliphatic carbocycles. The molecule has 1 aliphatic rings. The van der Waals surface area contributed by atoms with E-state index in [1.807, 2.05) is 5.12 Å². The third kappa shape index (κ3) is 3.18. The molecule has 1 rings (SSSR count). The van der Waals surface area contributed by atoms with Crippen molar-refractivity contribution in [1.29, 1.82) is 0 Å². The van der Waals surface area contributed by atoms with Gasteiger partial charge in [-0.25, -0.2) is 5.43 Å². The highest BCUT2D eigenvalue weighted by atomic mass is 15.7. The molecule has 1 radical (unpaired) electrons. The quantitative estimate of drug-likeness (QED) is 0.655. The van der Waals surface area contributed by atoms with E-state index in [-0.39, 0.29) is 0 Å². The van der Waals surface area contributed by atoms with E-state index in [0.29, 0.717) is 6.04 Å². The van der Waals surface area contributed by atoms with Crippen LogP contribution >= 0.6 is 0 Å². The topological polar surface area (TPSA) is 29.4 Å². The molecule has 3 heteroatoms. The number of hydrogen-bond acceptors (Lipinski definition) is 2. The maximum atomic E-state index is 4.28. The summed E-state index contributed by atoms with van der Waals surface area (Å²) in [6, 6.07) is 0.571. The molecule has 65 valence electrons. The van der Waals surface area contributed by atoms with Gasteiger partial charge in [0.25, 0.3) is 0 Å². The highest BCUT2D eigenvalue weighted by Gasteiger charge is 2.13. The molecule has 1 fully saturated rings. The van der Waals surface area contributed by atoms with Crippen LogP contribution in [0, 0.1) is 0 Å². The van der Waals surface area contributed by atoms with Gasteiger partial charge in [0.15, 0.2) is 0 Å². The van der Waals surface area contributed by atoms with Gasteiger partial charge in [0, 0.05) is 19.1 Å². The van der Waals surface area contributed by atoms with Crippen molar-refractivity contribution in [3.8, 4) is 0 Å². The lowest BCUT2D eigenvalue weighted by molar-refractivity contribution is 0.131. The largest absolute Gasteiger partial charge is 0.237 e. The van der Waals surface area contributed by atoms with Crippen LogP contribution in [0.2, 0.25) is 0 Å². The van der Waals surface area contributed by atoms with Crippen LogP contribution < -0.4 is 10.9 Å². The molecule has 0 aromatic rings. The van der Waals surface area contributed by atoms with Crippen molar-refractivity contribution in [2.24, 2.45) is 0 Å². The van der Waals surface area contributed by atoms with Crippen LogP contribution in [0.15, 0.2) is 0 Å². The van der Waals surface area contributed by atoms with Gasteiger partial charge in [-0.15, -0.1) is 5.43 Å². The molecule has 1 heterocycles. The van der Waals surface area contributed by atoms with Gasteiger partial charge in [-0.3, -0.25) is 0 Å². The van der Waals surface area contributed by atoms with E-state index in [1.54, 1.807) is 0 Å². The molecule has 3 nitrogen and oxygen atoms in total. The van der Waals surface area contributed by atoms with E-state index < -0.39 is 0 Å². The van der Waals surface area contributed by atoms with Crippen molar-refractivity contribution < 1.29 is 0 Å². The van der Waals surface area contributed by atoms with E-state index in [0.717, 1.165) is 13.1 Å². The Morgan fingerprint density at radius 2 is 2.45 bits per heavy atom. The van der Waals surface area contributed by atoms with E-state index in [1.165, 1.54) is 19.3 Å².